The summed E-state index contributed by atoms with van der Waals surface area (Å²) in [5.41, 5.74) is 1.19. The Morgan fingerprint density at radius 2 is 1.81 bits per heavy atom. The number of halogens is 1. The van der Waals surface area contributed by atoms with Crippen molar-refractivity contribution in [3.8, 4) is 0 Å². The Balaban J connectivity index is 0.00000220. The number of hydrogen-bond acceptors (Lipinski definition) is 3. The number of nitrogens with zero attached hydrogens (tertiary/aromatic N) is 3. The third-order valence-corrected chi connectivity index (χ3v) is 3.54. The number of benzene rings is 1. The van der Waals surface area contributed by atoms with Crippen LogP contribution < -0.4 is 28.9 Å². The zero-order valence-electron chi connectivity index (χ0n) is 13.0. The molecule has 0 atom stereocenters. The maximum absolute atomic E-state index is 10.7. The molecule has 0 radical (unpaired) electrons. The molecule has 0 bridgehead atoms. The van der Waals surface area contributed by atoms with Crippen LogP contribution in [0.5, 0.6) is 0 Å². The first kappa shape index (κ1) is 17.9. The molecule has 1 aromatic carbocycles. The second kappa shape index (κ2) is 6.72. The van der Waals surface area contributed by atoms with Gasteiger partial charge in [0.05, 0.1) is 30.5 Å². The molecule has 21 heavy (non-hydrogen) atoms. The van der Waals surface area contributed by atoms with Crippen molar-refractivity contribution < 1.29 is 33.5 Å². The van der Waals surface area contributed by atoms with Crippen LogP contribution >= 0.6 is 0 Å². The summed E-state index contributed by atoms with van der Waals surface area (Å²) in [6.07, 6.45) is 1.09. The van der Waals surface area contributed by atoms with Crippen LogP contribution in [0.4, 0.5) is 11.4 Å². The van der Waals surface area contributed by atoms with Gasteiger partial charge in [0, 0.05) is 18.6 Å². The number of anilines is 1. The fraction of sp³-hybridized carbons (Fsp3) is 0.533. The van der Waals surface area contributed by atoms with E-state index in [0.717, 1.165) is 25.2 Å². The van der Waals surface area contributed by atoms with Gasteiger partial charge in [-0.1, -0.05) is 0 Å². The van der Waals surface area contributed by atoms with E-state index >= 15 is 0 Å². The molecule has 1 aliphatic rings. The highest BCUT2D eigenvalue weighted by molar-refractivity contribution is 5.98. The van der Waals surface area contributed by atoms with Gasteiger partial charge in [-0.2, -0.15) is 0 Å². The molecule has 1 aliphatic heterocycles. The molecule has 1 heterocycles. The highest BCUT2D eigenvalue weighted by Gasteiger charge is 2.37. The second-order valence-electron chi connectivity index (χ2n) is 6.27. The zero-order chi connectivity index (χ0) is 14.9. The number of non-ortho nitro benzene ring substituents is 1. The molecule has 0 aliphatic carbocycles. The van der Waals surface area contributed by atoms with Gasteiger partial charge in [-0.05, 0) is 32.9 Å². The predicted molar refractivity (Wildman–Crippen MR) is 80.6 cm³/mol. The normalized spacial score (nSPS) is 15.7. The fourth-order valence-corrected chi connectivity index (χ4v) is 2.87. The quantitative estimate of drug-likeness (QED) is 0.300. The van der Waals surface area contributed by atoms with Crippen LogP contribution in [0.3, 0.4) is 0 Å². The molecule has 0 amide bonds. The van der Waals surface area contributed by atoms with Gasteiger partial charge in [0.15, 0.2) is 0 Å². The topological polar surface area (TPSA) is 49.4 Å². The van der Waals surface area contributed by atoms with Crippen LogP contribution in [0.2, 0.25) is 0 Å². The van der Waals surface area contributed by atoms with Crippen molar-refractivity contribution in [1.29, 1.82) is 0 Å². The summed E-state index contributed by atoms with van der Waals surface area (Å²) in [5.74, 6) is 1.26. The van der Waals surface area contributed by atoms with Crippen molar-refractivity contribution in [2.75, 3.05) is 25.0 Å². The Bertz CT molecular complexity index is 547. The first-order chi connectivity index (χ1) is 9.30. The first-order valence-corrected chi connectivity index (χ1v) is 6.91. The average Bonchev–Trinajstić information content (AvgIpc) is 2.37. The Kier molecular flexibility index (Phi) is 5.72. The van der Waals surface area contributed by atoms with Gasteiger partial charge in [0.25, 0.3) is 11.5 Å². The highest BCUT2D eigenvalue weighted by Crippen LogP contribution is 2.27. The molecule has 0 saturated carbocycles. The van der Waals surface area contributed by atoms with E-state index in [1.807, 2.05) is 12.1 Å². The molecule has 0 fully saturated rings. The molecular formula is C15H22IN3O2. The lowest BCUT2D eigenvalue weighted by molar-refractivity contribution is -0.505. The molecular weight excluding hydrogens is 381 g/mol. The van der Waals surface area contributed by atoms with E-state index in [-0.39, 0.29) is 40.0 Å². The van der Waals surface area contributed by atoms with Gasteiger partial charge in [-0.25, -0.2) is 4.90 Å². The fourth-order valence-electron chi connectivity index (χ4n) is 2.87. The van der Waals surface area contributed by atoms with Crippen molar-refractivity contribution >= 4 is 17.2 Å². The predicted octanol–water partition coefficient (Wildman–Crippen LogP) is -0.104. The minimum Gasteiger partial charge on any atom is -1.00 e. The van der Waals surface area contributed by atoms with Gasteiger partial charge in [0.2, 0.25) is 0 Å². The SMILES string of the molecule is C[N+]1=C(C(C)(C)C)N(c2ccc([N+](=O)[O-])cc2)CCC1.[I-]. The zero-order valence-corrected chi connectivity index (χ0v) is 15.1. The number of nitro benzene ring substituents is 1. The molecule has 6 heteroatoms. The lowest BCUT2D eigenvalue weighted by Gasteiger charge is -2.32. The van der Waals surface area contributed by atoms with E-state index in [4.69, 9.17) is 0 Å². The van der Waals surface area contributed by atoms with Crippen molar-refractivity contribution in [3.63, 3.8) is 0 Å². The summed E-state index contributed by atoms with van der Waals surface area (Å²) < 4.78 is 2.28. The van der Waals surface area contributed by atoms with Crippen LogP contribution in [0.25, 0.3) is 0 Å². The maximum Gasteiger partial charge on any atom is 0.269 e. The van der Waals surface area contributed by atoms with Gasteiger partial charge in [-0.3, -0.25) is 14.7 Å². The number of hydrogen-bond donors (Lipinski definition) is 0. The van der Waals surface area contributed by atoms with Crippen LogP contribution in [0.15, 0.2) is 24.3 Å². The molecule has 0 aromatic heterocycles. The van der Waals surface area contributed by atoms with Crippen LogP contribution in [-0.4, -0.2) is 35.5 Å². The molecule has 0 spiro atoms. The summed E-state index contributed by atoms with van der Waals surface area (Å²) in [6, 6.07) is 6.82. The number of amidine groups is 1. The van der Waals surface area contributed by atoms with Crippen LogP contribution in [0.1, 0.15) is 27.2 Å². The van der Waals surface area contributed by atoms with E-state index in [0.29, 0.717) is 0 Å². The van der Waals surface area contributed by atoms with Crippen LogP contribution in [0, 0.1) is 15.5 Å². The summed E-state index contributed by atoms with van der Waals surface area (Å²) in [5, 5.41) is 10.7. The van der Waals surface area contributed by atoms with Gasteiger partial charge >= 0.3 is 0 Å². The van der Waals surface area contributed by atoms with E-state index < -0.39 is 0 Å². The van der Waals surface area contributed by atoms with Gasteiger partial charge in [-0.15, -0.1) is 0 Å². The Morgan fingerprint density at radius 3 is 2.29 bits per heavy atom. The van der Waals surface area contributed by atoms with Crippen LogP contribution in [-0.2, 0) is 0 Å². The third kappa shape index (κ3) is 3.93. The van der Waals surface area contributed by atoms with Crippen molar-refractivity contribution in [2.45, 2.75) is 27.2 Å². The molecule has 1 aromatic rings. The standard InChI is InChI=1S/C15H22N3O2.HI/c1-15(2,3)14-16(4)10-5-11-17(14)12-6-8-13(9-7-12)18(19)20;/h6-9H,5,10-11H2,1-4H3;1H/q+1;/p-1. The van der Waals surface area contributed by atoms with E-state index in [1.54, 1.807) is 12.1 Å². The minimum absolute atomic E-state index is 0. The minimum atomic E-state index is -0.361. The van der Waals surface area contributed by atoms with E-state index in [2.05, 4.69) is 37.3 Å². The summed E-state index contributed by atoms with van der Waals surface area (Å²) in [7, 11) is 2.11. The lowest BCUT2D eigenvalue weighted by atomic mass is 9.92. The van der Waals surface area contributed by atoms with Gasteiger partial charge in [0.1, 0.15) is 5.69 Å². The Morgan fingerprint density at radius 1 is 1.24 bits per heavy atom. The molecule has 5 nitrogen and oxygen atoms in total. The molecule has 116 valence electrons. The van der Waals surface area contributed by atoms with E-state index in [1.165, 1.54) is 5.84 Å². The van der Waals surface area contributed by atoms with Gasteiger partial charge < -0.3 is 24.0 Å². The third-order valence-electron chi connectivity index (χ3n) is 3.54. The van der Waals surface area contributed by atoms with E-state index in [9.17, 15) is 10.1 Å². The molecule has 0 N–H and O–H groups in total. The lowest BCUT2D eigenvalue weighted by Crippen LogP contribution is -3.00. The molecule has 2 rings (SSSR count). The monoisotopic (exact) mass is 403 g/mol. The summed E-state index contributed by atoms with van der Waals surface area (Å²) in [4.78, 5) is 12.7. The Labute approximate surface area is 142 Å². The van der Waals surface area contributed by atoms with Crippen molar-refractivity contribution in [2.24, 2.45) is 5.41 Å². The largest absolute Gasteiger partial charge is 1.00 e. The number of rotatable bonds is 2. The molecule has 0 saturated heterocycles. The Hall–Kier alpha value is -1.18. The highest BCUT2D eigenvalue weighted by atomic mass is 127. The second-order valence-corrected chi connectivity index (χ2v) is 6.27. The van der Waals surface area contributed by atoms with Crippen molar-refractivity contribution in [1.82, 2.24) is 0 Å². The summed E-state index contributed by atoms with van der Waals surface area (Å²) >= 11 is 0. The summed E-state index contributed by atoms with van der Waals surface area (Å²) in [6.45, 7) is 8.60. The smallest absolute Gasteiger partial charge is 0.269 e. The average molecular weight is 403 g/mol. The first-order valence-electron chi connectivity index (χ1n) is 6.91. The number of nitro groups is 1. The maximum atomic E-state index is 10.7. The molecule has 0 unspecified atom stereocenters. The van der Waals surface area contributed by atoms with Crippen molar-refractivity contribution in [3.05, 3.63) is 34.4 Å².